The Hall–Kier alpha value is -0.440. The summed E-state index contributed by atoms with van der Waals surface area (Å²) in [5.41, 5.74) is 0. The van der Waals surface area contributed by atoms with Crippen LogP contribution in [0.3, 0.4) is 0 Å². The Bertz CT molecular complexity index is 129. The van der Waals surface area contributed by atoms with Crippen LogP contribution in [0.5, 0.6) is 0 Å². The second-order valence-corrected chi connectivity index (χ2v) is 3.00. The number of hydrogen-bond acceptors (Lipinski definition) is 2. The van der Waals surface area contributed by atoms with Crippen molar-refractivity contribution in [2.24, 2.45) is 0 Å². The third kappa shape index (κ3) is 2.97. The normalized spacial score (nSPS) is 27.9. The highest BCUT2D eigenvalue weighted by Gasteiger charge is 2.14. The minimum atomic E-state index is -0.647. The van der Waals surface area contributed by atoms with Crippen molar-refractivity contribution in [2.45, 2.75) is 25.4 Å². The number of carbonyl (C=O) groups excluding carboxylic acids is 1. The third-order valence-electron chi connectivity index (χ3n) is 2.08. The second kappa shape index (κ2) is 4.44. The first-order chi connectivity index (χ1) is 5.33. The monoisotopic (exact) mass is 159 g/mol. The lowest BCUT2D eigenvalue weighted by Crippen LogP contribution is -2.26. The number of nitrogens with zero attached hydrogens (tertiary/aromatic N) is 1. The fraction of sp³-hybridized carbons (Fsp3) is 0.875. The standard InChI is InChI=1S/C8H14FNO/c9-8-2-1-4-10(5-3-8)6-7-11/h7-8H,1-6H2. The van der Waals surface area contributed by atoms with E-state index in [-0.39, 0.29) is 0 Å². The van der Waals surface area contributed by atoms with Crippen LogP contribution in [0.25, 0.3) is 0 Å². The summed E-state index contributed by atoms with van der Waals surface area (Å²) in [4.78, 5) is 12.1. The first-order valence-electron chi connectivity index (χ1n) is 4.13. The van der Waals surface area contributed by atoms with E-state index in [1.807, 2.05) is 4.90 Å². The predicted octanol–water partition coefficient (Wildman–Crippen LogP) is 1.01. The van der Waals surface area contributed by atoms with E-state index in [1.54, 1.807) is 0 Å². The number of likely N-dealkylation sites (tertiary alicyclic amines) is 1. The average Bonchev–Trinajstić information content (AvgIpc) is 2.17. The summed E-state index contributed by atoms with van der Waals surface area (Å²) in [6, 6.07) is 0. The van der Waals surface area contributed by atoms with E-state index in [1.165, 1.54) is 0 Å². The molecule has 1 aliphatic heterocycles. The Labute approximate surface area is 66.4 Å². The van der Waals surface area contributed by atoms with Crippen LogP contribution in [0, 0.1) is 0 Å². The van der Waals surface area contributed by atoms with Crippen LogP contribution in [0.2, 0.25) is 0 Å². The smallest absolute Gasteiger partial charge is 0.133 e. The number of alkyl halides is 1. The average molecular weight is 159 g/mol. The van der Waals surface area contributed by atoms with Gasteiger partial charge in [0.05, 0.1) is 6.54 Å². The van der Waals surface area contributed by atoms with Crippen LogP contribution < -0.4 is 0 Å². The molecule has 0 aliphatic carbocycles. The molecule has 0 bridgehead atoms. The predicted molar refractivity (Wildman–Crippen MR) is 41.3 cm³/mol. The molecule has 1 unspecified atom stereocenters. The van der Waals surface area contributed by atoms with E-state index in [0.29, 0.717) is 19.4 Å². The van der Waals surface area contributed by atoms with Crippen molar-refractivity contribution in [3.8, 4) is 0 Å². The van der Waals surface area contributed by atoms with E-state index < -0.39 is 6.17 Å². The first kappa shape index (κ1) is 8.65. The summed E-state index contributed by atoms with van der Waals surface area (Å²) in [6.45, 7) is 2.08. The summed E-state index contributed by atoms with van der Waals surface area (Å²) < 4.78 is 12.7. The van der Waals surface area contributed by atoms with Gasteiger partial charge >= 0.3 is 0 Å². The Morgan fingerprint density at radius 2 is 2.27 bits per heavy atom. The number of halogens is 1. The van der Waals surface area contributed by atoms with Gasteiger partial charge in [0.2, 0.25) is 0 Å². The van der Waals surface area contributed by atoms with Gasteiger partial charge in [-0.3, -0.25) is 4.90 Å². The van der Waals surface area contributed by atoms with E-state index in [9.17, 15) is 9.18 Å². The Kier molecular flexibility index (Phi) is 3.49. The van der Waals surface area contributed by atoms with Crippen LogP contribution >= 0.6 is 0 Å². The van der Waals surface area contributed by atoms with Crippen LogP contribution in [0.4, 0.5) is 4.39 Å². The molecular formula is C8H14FNO. The van der Waals surface area contributed by atoms with Crippen LogP contribution in [0.15, 0.2) is 0 Å². The summed E-state index contributed by atoms with van der Waals surface area (Å²) in [6.07, 6.45) is 2.38. The van der Waals surface area contributed by atoms with E-state index >= 15 is 0 Å². The topological polar surface area (TPSA) is 20.3 Å². The molecule has 0 amide bonds. The molecule has 64 valence electrons. The van der Waals surface area contributed by atoms with Gasteiger partial charge in [-0.05, 0) is 25.8 Å². The highest BCUT2D eigenvalue weighted by atomic mass is 19.1. The van der Waals surface area contributed by atoms with Gasteiger partial charge in [-0.1, -0.05) is 0 Å². The zero-order valence-electron chi connectivity index (χ0n) is 6.63. The van der Waals surface area contributed by atoms with Gasteiger partial charge < -0.3 is 4.79 Å². The molecule has 11 heavy (non-hydrogen) atoms. The fourth-order valence-corrected chi connectivity index (χ4v) is 1.40. The summed E-state index contributed by atoms with van der Waals surface area (Å²) in [5.74, 6) is 0. The molecule has 0 radical (unpaired) electrons. The molecule has 1 heterocycles. The number of carbonyl (C=O) groups is 1. The van der Waals surface area contributed by atoms with Gasteiger partial charge in [0.1, 0.15) is 12.5 Å². The minimum Gasteiger partial charge on any atom is -0.302 e. The maximum Gasteiger partial charge on any atom is 0.133 e. The van der Waals surface area contributed by atoms with Gasteiger partial charge in [-0.2, -0.15) is 0 Å². The van der Waals surface area contributed by atoms with Crippen molar-refractivity contribution in [2.75, 3.05) is 19.6 Å². The van der Waals surface area contributed by atoms with Gasteiger partial charge in [-0.15, -0.1) is 0 Å². The molecule has 0 N–H and O–H groups in total. The molecule has 0 aromatic rings. The van der Waals surface area contributed by atoms with Gasteiger partial charge in [0.25, 0.3) is 0 Å². The molecule has 1 fully saturated rings. The second-order valence-electron chi connectivity index (χ2n) is 3.00. The molecule has 2 nitrogen and oxygen atoms in total. The lowest BCUT2D eigenvalue weighted by Gasteiger charge is -2.15. The number of hydrogen-bond donors (Lipinski definition) is 0. The van der Waals surface area contributed by atoms with Gasteiger partial charge in [0, 0.05) is 6.54 Å². The molecule has 1 saturated heterocycles. The fourth-order valence-electron chi connectivity index (χ4n) is 1.40. The van der Waals surface area contributed by atoms with Crippen LogP contribution in [-0.4, -0.2) is 37.0 Å². The van der Waals surface area contributed by atoms with E-state index in [0.717, 1.165) is 25.8 Å². The van der Waals surface area contributed by atoms with Gasteiger partial charge in [0.15, 0.2) is 0 Å². The molecule has 1 atom stereocenters. The first-order valence-corrected chi connectivity index (χ1v) is 4.13. The molecule has 1 rings (SSSR count). The third-order valence-corrected chi connectivity index (χ3v) is 2.08. The number of aldehydes is 1. The van der Waals surface area contributed by atoms with Crippen molar-refractivity contribution < 1.29 is 9.18 Å². The largest absolute Gasteiger partial charge is 0.302 e. The Balaban J connectivity index is 2.27. The molecular weight excluding hydrogens is 145 g/mol. The van der Waals surface area contributed by atoms with Gasteiger partial charge in [-0.25, -0.2) is 4.39 Å². The molecule has 0 saturated carbocycles. The van der Waals surface area contributed by atoms with Crippen molar-refractivity contribution in [1.29, 1.82) is 0 Å². The maximum atomic E-state index is 12.7. The summed E-state index contributed by atoms with van der Waals surface area (Å²) in [5, 5.41) is 0. The molecule has 0 aromatic carbocycles. The maximum absolute atomic E-state index is 12.7. The van der Waals surface area contributed by atoms with Crippen molar-refractivity contribution in [1.82, 2.24) is 4.90 Å². The van der Waals surface area contributed by atoms with Crippen molar-refractivity contribution in [3.05, 3.63) is 0 Å². The molecule has 0 spiro atoms. The highest BCUT2D eigenvalue weighted by molar-refractivity contribution is 5.51. The molecule has 0 aromatic heterocycles. The summed E-state index contributed by atoms with van der Waals surface area (Å²) >= 11 is 0. The van der Waals surface area contributed by atoms with Crippen LogP contribution in [-0.2, 0) is 4.79 Å². The highest BCUT2D eigenvalue weighted by Crippen LogP contribution is 2.12. The van der Waals surface area contributed by atoms with Crippen molar-refractivity contribution >= 4 is 6.29 Å². The summed E-state index contributed by atoms with van der Waals surface area (Å²) in [7, 11) is 0. The van der Waals surface area contributed by atoms with Crippen molar-refractivity contribution in [3.63, 3.8) is 0 Å². The lowest BCUT2D eigenvalue weighted by atomic mass is 10.2. The van der Waals surface area contributed by atoms with E-state index in [4.69, 9.17) is 0 Å². The SMILES string of the molecule is O=CCN1CCCC(F)CC1. The quantitative estimate of drug-likeness (QED) is 0.560. The molecule has 1 aliphatic rings. The van der Waals surface area contributed by atoms with E-state index in [2.05, 4.69) is 0 Å². The Morgan fingerprint density at radius 3 is 3.00 bits per heavy atom. The van der Waals surface area contributed by atoms with Crippen LogP contribution in [0.1, 0.15) is 19.3 Å². The Morgan fingerprint density at radius 1 is 1.45 bits per heavy atom. The minimum absolute atomic E-state index is 0.465. The molecule has 3 heteroatoms. The zero-order chi connectivity index (χ0) is 8.10. The number of rotatable bonds is 2. The zero-order valence-corrected chi connectivity index (χ0v) is 6.63. The lowest BCUT2D eigenvalue weighted by molar-refractivity contribution is -0.108.